The van der Waals surface area contributed by atoms with Crippen molar-refractivity contribution in [2.24, 2.45) is 0 Å². The Morgan fingerprint density at radius 2 is 2.11 bits per heavy atom. The number of hydrogen-bond donors (Lipinski definition) is 1. The van der Waals surface area contributed by atoms with Crippen LogP contribution in [-0.2, 0) is 16.6 Å². The van der Waals surface area contributed by atoms with Crippen molar-refractivity contribution in [3.8, 4) is 0 Å². The third kappa shape index (κ3) is 2.88. The zero-order valence-corrected chi connectivity index (χ0v) is 11.7. The molecule has 0 aliphatic carbocycles. The number of aryl methyl sites for hydroxylation is 1. The number of hydrogen-bond acceptors (Lipinski definition) is 3. The van der Waals surface area contributed by atoms with Crippen molar-refractivity contribution in [3.63, 3.8) is 0 Å². The van der Waals surface area contributed by atoms with E-state index < -0.39 is 5.97 Å². The molecule has 1 N–H and O–H groups in total. The molecule has 0 saturated heterocycles. The van der Waals surface area contributed by atoms with Crippen molar-refractivity contribution < 1.29 is 9.90 Å². The molecule has 0 radical (unpaired) electrons. The largest absolute Gasteiger partial charge is 0.481 e. The Bertz CT molecular complexity index is 581. The van der Waals surface area contributed by atoms with Crippen LogP contribution in [0.25, 0.3) is 10.2 Å². The molecule has 18 heavy (non-hydrogen) atoms. The van der Waals surface area contributed by atoms with Gasteiger partial charge in [0.25, 0.3) is 0 Å². The van der Waals surface area contributed by atoms with Crippen molar-refractivity contribution in [1.82, 2.24) is 4.98 Å². The Labute approximate surface area is 110 Å². The highest BCUT2D eigenvalue weighted by atomic mass is 32.1. The Balaban J connectivity index is 2.31. The van der Waals surface area contributed by atoms with Gasteiger partial charge in [-0.1, -0.05) is 26.8 Å². The Morgan fingerprint density at radius 3 is 2.72 bits per heavy atom. The molecule has 0 aliphatic heterocycles. The van der Waals surface area contributed by atoms with Crippen LogP contribution in [0.1, 0.15) is 37.8 Å². The highest BCUT2D eigenvalue weighted by Gasteiger charge is 2.18. The summed E-state index contributed by atoms with van der Waals surface area (Å²) in [6, 6.07) is 6.04. The van der Waals surface area contributed by atoms with E-state index in [4.69, 9.17) is 5.11 Å². The lowest BCUT2D eigenvalue weighted by Gasteiger charge is -2.13. The lowest BCUT2D eigenvalue weighted by Crippen LogP contribution is -2.09. The molecule has 1 aromatic carbocycles. The first-order valence-corrected chi connectivity index (χ1v) is 6.79. The Morgan fingerprint density at radius 1 is 1.39 bits per heavy atom. The second-order valence-electron chi connectivity index (χ2n) is 5.46. The number of carbonyl (C=O) groups is 1. The van der Waals surface area contributed by atoms with Crippen LogP contribution >= 0.6 is 11.3 Å². The summed E-state index contributed by atoms with van der Waals surface area (Å²) in [5.41, 5.74) is 2.08. The molecule has 2 rings (SSSR count). The van der Waals surface area contributed by atoms with Crippen LogP contribution in [0.5, 0.6) is 0 Å². The topological polar surface area (TPSA) is 50.2 Å². The van der Waals surface area contributed by atoms with E-state index in [2.05, 4.69) is 25.8 Å². The van der Waals surface area contributed by atoms with Gasteiger partial charge in [-0.2, -0.15) is 0 Å². The zero-order chi connectivity index (χ0) is 13.3. The maximum absolute atomic E-state index is 10.6. The fourth-order valence-corrected chi connectivity index (χ4v) is 2.70. The number of thiazole rings is 1. The number of aliphatic carboxylic acids is 1. The van der Waals surface area contributed by atoms with Crippen LogP contribution in [0.3, 0.4) is 0 Å². The minimum atomic E-state index is -0.760. The molecule has 0 atom stereocenters. The monoisotopic (exact) mass is 263 g/mol. The van der Waals surface area contributed by atoms with Gasteiger partial charge in [-0.15, -0.1) is 11.3 Å². The first-order valence-electron chi connectivity index (χ1n) is 5.98. The fraction of sp³-hybridized carbons (Fsp3) is 0.429. The predicted molar refractivity (Wildman–Crippen MR) is 74.3 cm³/mol. The number of fused-ring (bicyclic) bond motifs is 1. The lowest BCUT2D eigenvalue weighted by molar-refractivity contribution is -0.136. The number of carboxylic acids is 1. The molecule has 0 spiro atoms. The zero-order valence-electron chi connectivity index (χ0n) is 10.9. The van der Waals surface area contributed by atoms with Gasteiger partial charge in [-0.25, -0.2) is 4.98 Å². The van der Waals surface area contributed by atoms with Gasteiger partial charge in [0.15, 0.2) is 0 Å². The Hall–Kier alpha value is -1.42. The van der Waals surface area contributed by atoms with Crippen molar-refractivity contribution in [2.75, 3.05) is 0 Å². The SMILES string of the molecule is CC(C)(C)c1nc2cc(CCC(=O)O)ccc2s1. The second kappa shape index (κ2) is 4.69. The van der Waals surface area contributed by atoms with Crippen LogP contribution in [0.2, 0.25) is 0 Å². The third-order valence-electron chi connectivity index (χ3n) is 2.72. The quantitative estimate of drug-likeness (QED) is 0.920. The van der Waals surface area contributed by atoms with E-state index in [9.17, 15) is 4.79 Å². The molecule has 0 unspecified atom stereocenters. The predicted octanol–water partition coefficient (Wildman–Crippen LogP) is 3.61. The summed E-state index contributed by atoms with van der Waals surface area (Å²) in [5, 5.41) is 9.80. The van der Waals surface area contributed by atoms with Crippen LogP contribution in [0, 0.1) is 0 Å². The summed E-state index contributed by atoms with van der Waals surface area (Å²) < 4.78 is 1.17. The summed E-state index contributed by atoms with van der Waals surface area (Å²) in [4.78, 5) is 15.2. The van der Waals surface area contributed by atoms with Crippen LogP contribution in [-0.4, -0.2) is 16.1 Å². The molecule has 0 aliphatic rings. The van der Waals surface area contributed by atoms with Crippen LogP contribution < -0.4 is 0 Å². The minimum absolute atomic E-state index is 0.0604. The van der Waals surface area contributed by atoms with Crippen molar-refractivity contribution in [1.29, 1.82) is 0 Å². The van der Waals surface area contributed by atoms with Gasteiger partial charge in [-0.05, 0) is 24.1 Å². The van der Waals surface area contributed by atoms with Crippen LogP contribution in [0.15, 0.2) is 18.2 Å². The van der Waals surface area contributed by atoms with E-state index in [0.717, 1.165) is 16.1 Å². The van der Waals surface area contributed by atoms with E-state index in [1.54, 1.807) is 11.3 Å². The normalized spacial score (nSPS) is 11.9. The molecule has 4 heteroatoms. The summed E-state index contributed by atoms with van der Waals surface area (Å²) >= 11 is 1.71. The fourth-order valence-electron chi connectivity index (χ4n) is 1.70. The average Bonchev–Trinajstić information content (AvgIpc) is 2.68. The maximum atomic E-state index is 10.6. The summed E-state index contributed by atoms with van der Waals surface area (Å²) in [6.45, 7) is 6.45. The van der Waals surface area contributed by atoms with E-state index in [-0.39, 0.29) is 11.8 Å². The highest BCUT2D eigenvalue weighted by Crippen LogP contribution is 2.31. The second-order valence-corrected chi connectivity index (χ2v) is 6.50. The number of rotatable bonds is 3. The van der Waals surface area contributed by atoms with Gasteiger partial charge < -0.3 is 5.11 Å². The van der Waals surface area contributed by atoms with Gasteiger partial charge in [0.2, 0.25) is 0 Å². The molecule has 1 aromatic heterocycles. The van der Waals surface area contributed by atoms with Gasteiger partial charge >= 0.3 is 5.97 Å². The highest BCUT2D eigenvalue weighted by molar-refractivity contribution is 7.18. The van der Waals surface area contributed by atoms with E-state index in [0.29, 0.717) is 6.42 Å². The molecule has 0 fully saturated rings. The summed E-state index contributed by atoms with van der Waals surface area (Å²) in [7, 11) is 0. The number of aromatic nitrogens is 1. The summed E-state index contributed by atoms with van der Waals surface area (Å²) in [6.07, 6.45) is 0.732. The van der Waals surface area contributed by atoms with Gasteiger partial charge in [0, 0.05) is 11.8 Å². The molecule has 0 bridgehead atoms. The van der Waals surface area contributed by atoms with E-state index in [1.165, 1.54) is 4.70 Å². The first-order chi connectivity index (χ1) is 8.36. The smallest absolute Gasteiger partial charge is 0.303 e. The summed E-state index contributed by atoms with van der Waals surface area (Å²) in [5.74, 6) is -0.760. The lowest BCUT2D eigenvalue weighted by atomic mass is 9.98. The molecule has 2 aromatic rings. The van der Waals surface area contributed by atoms with Gasteiger partial charge in [0.1, 0.15) is 0 Å². The average molecular weight is 263 g/mol. The third-order valence-corrected chi connectivity index (χ3v) is 4.18. The maximum Gasteiger partial charge on any atom is 0.303 e. The molecule has 96 valence electrons. The molecular weight excluding hydrogens is 246 g/mol. The number of carboxylic acid groups (broad SMARTS) is 1. The molecule has 0 saturated carbocycles. The van der Waals surface area contributed by atoms with Crippen molar-refractivity contribution >= 4 is 27.5 Å². The Kier molecular flexibility index (Phi) is 3.39. The van der Waals surface area contributed by atoms with Crippen LogP contribution in [0.4, 0.5) is 0 Å². The number of benzene rings is 1. The standard InChI is InChI=1S/C14H17NO2S/c1-14(2,3)13-15-10-8-9(5-7-12(16)17)4-6-11(10)18-13/h4,6,8H,5,7H2,1-3H3,(H,16,17). The molecule has 1 heterocycles. The molecular formula is C14H17NO2S. The van der Waals surface area contributed by atoms with Crippen molar-refractivity contribution in [3.05, 3.63) is 28.8 Å². The number of nitrogens with zero attached hydrogens (tertiary/aromatic N) is 1. The molecule has 3 nitrogen and oxygen atoms in total. The minimum Gasteiger partial charge on any atom is -0.481 e. The van der Waals surface area contributed by atoms with Crippen molar-refractivity contribution in [2.45, 2.75) is 39.0 Å². The van der Waals surface area contributed by atoms with Gasteiger partial charge in [-0.3, -0.25) is 4.79 Å². The van der Waals surface area contributed by atoms with Gasteiger partial charge in [0.05, 0.1) is 15.2 Å². The first kappa shape index (κ1) is 13.0. The molecule has 0 amide bonds. The van der Waals surface area contributed by atoms with E-state index >= 15 is 0 Å². The van der Waals surface area contributed by atoms with E-state index in [1.807, 2.05) is 18.2 Å².